The molecule has 0 saturated carbocycles. The maximum atomic E-state index is 12.8. The molecule has 8 nitrogen and oxygen atoms in total. The molecular weight excluding hydrogens is 408 g/mol. The number of nitrogens with one attached hydrogen (secondary N) is 2. The minimum Gasteiger partial charge on any atom is -0.497 e. The molecule has 0 aliphatic carbocycles. The van der Waals surface area contributed by atoms with Crippen molar-refractivity contribution in [2.75, 3.05) is 26.7 Å². The number of ether oxygens (including phenoxy) is 1. The SMILES string of the molecule is COc1ccc(C(CNC(=O)Cn2c(=O)[nH]c(=O)c3ccccc32)N2CCCCC2)cc1. The fourth-order valence-electron chi connectivity index (χ4n) is 4.32. The molecule has 1 saturated heterocycles. The largest absolute Gasteiger partial charge is 0.497 e. The second-order valence-electron chi connectivity index (χ2n) is 8.05. The van der Waals surface area contributed by atoms with E-state index in [9.17, 15) is 14.4 Å². The predicted molar refractivity (Wildman–Crippen MR) is 123 cm³/mol. The molecule has 168 valence electrons. The first-order valence-electron chi connectivity index (χ1n) is 10.9. The molecule has 32 heavy (non-hydrogen) atoms. The van der Waals surface area contributed by atoms with Crippen molar-refractivity contribution < 1.29 is 9.53 Å². The Bertz CT molecular complexity index is 1190. The molecule has 0 spiro atoms. The standard InChI is InChI=1S/C24H28N4O4/c1-32-18-11-9-17(10-12-18)21(27-13-5-2-6-14-27)15-25-22(29)16-28-20-8-4-3-7-19(20)23(30)26-24(28)31/h3-4,7-12,21H,2,5-6,13-16H2,1H3,(H,25,29)(H,26,30,31). The number of carbonyl (C=O) groups is 1. The van der Waals surface area contributed by atoms with Crippen LogP contribution in [-0.4, -0.2) is 47.1 Å². The lowest BCUT2D eigenvalue weighted by atomic mass is 10.0. The number of aromatic amines is 1. The molecule has 3 aromatic rings. The van der Waals surface area contributed by atoms with Gasteiger partial charge in [0.1, 0.15) is 12.3 Å². The van der Waals surface area contributed by atoms with E-state index in [1.807, 2.05) is 24.3 Å². The smallest absolute Gasteiger partial charge is 0.329 e. The first-order chi connectivity index (χ1) is 15.6. The Balaban J connectivity index is 1.52. The van der Waals surface area contributed by atoms with E-state index in [0.29, 0.717) is 17.4 Å². The van der Waals surface area contributed by atoms with Gasteiger partial charge in [-0.25, -0.2) is 4.79 Å². The van der Waals surface area contributed by atoms with Gasteiger partial charge in [-0.15, -0.1) is 0 Å². The molecule has 0 bridgehead atoms. The van der Waals surface area contributed by atoms with Crippen LogP contribution in [0.25, 0.3) is 10.9 Å². The van der Waals surface area contributed by atoms with Gasteiger partial charge < -0.3 is 10.1 Å². The van der Waals surface area contributed by atoms with Crippen LogP contribution in [0.1, 0.15) is 30.9 Å². The fraction of sp³-hybridized carbons (Fsp3) is 0.375. The number of hydrogen-bond donors (Lipinski definition) is 2. The molecule has 2 aromatic carbocycles. The number of hydrogen-bond acceptors (Lipinski definition) is 5. The highest BCUT2D eigenvalue weighted by molar-refractivity contribution is 5.81. The van der Waals surface area contributed by atoms with Gasteiger partial charge in [-0.05, 0) is 55.8 Å². The van der Waals surface area contributed by atoms with E-state index in [-0.39, 0.29) is 18.5 Å². The molecule has 2 heterocycles. The zero-order chi connectivity index (χ0) is 22.5. The van der Waals surface area contributed by atoms with Gasteiger partial charge in [0.25, 0.3) is 5.56 Å². The van der Waals surface area contributed by atoms with Gasteiger partial charge in [0, 0.05) is 6.54 Å². The molecule has 1 fully saturated rings. The first kappa shape index (κ1) is 21.8. The van der Waals surface area contributed by atoms with E-state index in [4.69, 9.17) is 4.74 Å². The van der Waals surface area contributed by atoms with Crippen LogP contribution in [0.5, 0.6) is 5.75 Å². The van der Waals surface area contributed by atoms with Crippen LogP contribution in [0, 0.1) is 0 Å². The van der Waals surface area contributed by atoms with Gasteiger partial charge in [-0.1, -0.05) is 30.7 Å². The second-order valence-corrected chi connectivity index (χ2v) is 8.05. The van der Waals surface area contributed by atoms with E-state index < -0.39 is 11.2 Å². The predicted octanol–water partition coefficient (Wildman–Crippen LogP) is 2.04. The summed E-state index contributed by atoms with van der Waals surface area (Å²) < 4.78 is 6.57. The summed E-state index contributed by atoms with van der Waals surface area (Å²) in [6.45, 7) is 2.24. The third-order valence-electron chi connectivity index (χ3n) is 6.03. The van der Waals surface area contributed by atoms with Crippen molar-refractivity contribution in [3.63, 3.8) is 0 Å². The molecule has 2 N–H and O–H groups in total. The molecule has 1 aliphatic heterocycles. The molecule has 1 aliphatic rings. The Labute approximate surface area is 185 Å². The van der Waals surface area contributed by atoms with E-state index in [0.717, 1.165) is 37.2 Å². The number of methoxy groups -OCH3 is 1. The average molecular weight is 437 g/mol. The highest BCUT2D eigenvalue weighted by Gasteiger charge is 2.23. The molecule has 4 rings (SSSR count). The Morgan fingerprint density at radius 2 is 1.78 bits per heavy atom. The number of aromatic nitrogens is 2. The van der Waals surface area contributed by atoms with Crippen LogP contribution in [0.3, 0.4) is 0 Å². The molecule has 1 atom stereocenters. The lowest BCUT2D eigenvalue weighted by Gasteiger charge is -2.35. The summed E-state index contributed by atoms with van der Waals surface area (Å²) in [5, 5.41) is 3.38. The normalized spacial score (nSPS) is 15.4. The van der Waals surface area contributed by atoms with Gasteiger partial charge in [0.05, 0.1) is 24.1 Å². The van der Waals surface area contributed by atoms with Crippen LogP contribution >= 0.6 is 0 Å². The number of H-pyrrole nitrogens is 1. The van der Waals surface area contributed by atoms with E-state index >= 15 is 0 Å². The van der Waals surface area contributed by atoms with Crippen molar-refractivity contribution in [1.82, 2.24) is 19.8 Å². The Hall–Kier alpha value is -3.39. The van der Waals surface area contributed by atoms with Crippen LogP contribution in [0.15, 0.2) is 58.1 Å². The Morgan fingerprint density at radius 1 is 1.06 bits per heavy atom. The quantitative estimate of drug-likeness (QED) is 0.591. The monoisotopic (exact) mass is 436 g/mol. The Morgan fingerprint density at radius 3 is 2.50 bits per heavy atom. The maximum Gasteiger partial charge on any atom is 0.329 e. The summed E-state index contributed by atoms with van der Waals surface area (Å²) in [7, 11) is 1.64. The van der Waals surface area contributed by atoms with Crippen LogP contribution in [0.2, 0.25) is 0 Å². The number of amides is 1. The van der Waals surface area contributed by atoms with E-state index in [1.54, 1.807) is 31.4 Å². The zero-order valence-electron chi connectivity index (χ0n) is 18.2. The number of piperidine rings is 1. The highest BCUT2D eigenvalue weighted by Crippen LogP contribution is 2.25. The lowest BCUT2D eigenvalue weighted by Crippen LogP contribution is -2.42. The number of rotatable bonds is 7. The number of fused-ring (bicyclic) bond motifs is 1. The third kappa shape index (κ3) is 4.75. The summed E-state index contributed by atoms with van der Waals surface area (Å²) in [6, 6.07) is 14.7. The minimum absolute atomic E-state index is 0.0363. The molecule has 0 radical (unpaired) electrons. The van der Waals surface area contributed by atoms with Gasteiger partial charge in [0.2, 0.25) is 5.91 Å². The molecule has 1 unspecified atom stereocenters. The second kappa shape index (κ2) is 9.82. The van der Waals surface area contributed by atoms with E-state index in [2.05, 4.69) is 15.2 Å². The van der Waals surface area contributed by atoms with Crippen molar-refractivity contribution in [2.24, 2.45) is 0 Å². The molecular formula is C24H28N4O4. The number of carbonyl (C=O) groups excluding carboxylic acids is 1. The van der Waals surface area contributed by atoms with Gasteiger partial charge >= 0.3 is 5.69 Å². The number of nitrogens with zero attached hydrogens (tertiary/aromatic N) is 2. The number of para-hydroxylation sites is 1. The molecule has 8 heteroatoms. The number of likely N-dealkylation sites (tertiary alicyclic amines) is 1. The Kier molecular flexibility index (Phi) is 6.70. The van der Waals surface area contributed by atoms with Gasteiger partial charge in [-0.2, -0.15) is 0 Å². The summed E-state index contributed by atoms with van der Waals surface area (Å²) in [4.78, 5) is 41.9. The summed E-state index contributed by atoms with van der Waals surface area (Å²) in [5.74, 6) is 0.513. The lowest BCUT2D eigenvalue weighted by molar-refractivity contribution is -0.122. The number of benzene rings is 2. The van der Waals surface area contributed by atoms with Crippen LogP contribution < -0.4 is 21.3 Å². The summed E-state index contributed by atoms with van der Waals surface area (Å²) in [6.07, 6.45) is 3.50. The van der Waals surface area contributed by atoms with Crippen molar-refractivity contribution >= 4 is 16.8 Å². The first-order valence-corrected chi connectivity index (χ1v) is 10.9. The molecule has 1 aromatic heterocycles. The van der Waals surface area contributed by atoms with Crippen molar-refractivity contribution in [3.05, 3.63) is 74.9 Å². The van der Waals surface area contributed by atoms with Gasteiger partial charge in [0.15, 0.2) is 0 Å². The summed E-state index contributed by atoms with van der Waals surface area (Å²) in [5.41, 5.74) is 0.511. The topological polar surface area (TPSA) is 96.4 Å². The minimum atomic E-state index is -0.591. The maximum absolute atomic E-state index is 12.8. The third-order valence-corrected chi connectivity index (χ3v) is 6.03. The zero-order valence-corrected chi connectivity index (χ0v) is 18.2. The average Bonchev–Trinajstić information content (AvgIpc) is 2.83. The highest BCUT2D eigenvalue weighted by atomic mass is 16.5. The van der Waals surface area contributed by atoms with Gasteiger partial charge in [-0.3, -0.25) is 24.0 Å². The van der Waals surface area contributed by atoms with Crippen LogP contribution in [0.4, 0.5) is 0 Å². The van der Waals surface area contributed by atoms with Crippen molar-refractivity contribution in [2.45, 2.75) is 31.8 Å². The van der Waals surface area contributed by atoms with Crippen molar-refractivity contribution in [1.29, 1.82) is 0 Å². The molecule has 1 amide bonds. The summed E-state index contributed by atoms with van der Waals surface area (Å²) >= 11 is 0. The fourth-order valence-corrected chi connectivity index (χ4v) is 4.32. The van der Waals surface area contributed by atoms with Crippen LogP contribution in [-0.2, 0) is 11.3 Å². The van der Waals surface area contributed by atoms with E-state index in [1.165, 1.54) is 11.0 Å². The van der Waals surface area contributed by atoms with Crippen molar-refractivity contribution in [3.8, 4) is 5.75 Å².